The summed E-state index contributed by atoms with van der Waals surface area (Å²) in [6, 6.07) is 5.04. The Morgan fingerprint density at radius 2 is 2.00 bits per heavy atom. The number of carbonyl (C=O) groups is 1. The molecule has 0 aliphatic rings. The lowest BCUT2D eigenvalue weighted by molar-refractivity contribution is -0.121. The van der Waals surface area contributed by atoms with Crippen molar-refractivity contribution in [2.75, 3.05) is 12.9 Å². The van der Waals surface area contributed by atoms with Gasteiger partial charge in [-0.15, -0.1) is 0 Å². The minimum atomic E-state index is -0.157. The number of carbonyl (C=O) groups excluding carboxylic acids is 1. The fourth-order valence-corrected chi connectivity index (χ4v) is 2.85. The fraction of sp³-hybridized carbons (Fsp3) is 0.462. The van der Waals surface area contributed by atoms with Crippen molar-refractivity contribution in [3.8, 4) is 0 Å². The van der Waals surface area contributed by atoms with E-state index in [1.807, 2.05) is 13.2 Å². The van der Waals surface area contributed by atoms with Gasteiger partial charge < -0.3 is 10.4 Å². The Balaban J connectivity index is 2.65. The molecule has 2 N–H and O–H groups in total. The van der Waals surface area contributed by atoms with Crippen LogP contribution < -0.4 is 5.32 Å². The zero-order valence-electron chi connectivity index (χ0n) is 10.8. The molecule has 3 nitrogen and oxygen atoms in total. The van der Waals surface area contributed by atoms with Crippen LogP contribution in [0, 0.1) is 0 Å². The third kappa shape index (κ3) is 4.88. The summed E-state index contributed by atoms with van der Waals surface area (Å²) in [6.45, 7) is 1.89. The molecule has 0 saturated carbocycles. The van der Waals surface area contributed by atoms with E-state index in [4.69, 9.17) is 23.2 Å². The average molecular weight is 322 g/mol. The Morgan fingerprint density at radius 1 is 1.42 bits per heavy atom. The first kappa shape index (κ1) is 16.6. The van der Waals surface area contributed by atoms with Crippen molar-refractivity contribution in [3.05, 3.63) is 33.8 Å². The second-order valence-corrected chi connectivity index (χ2v) is 6.08. The van der Waals surface area contributed by atoms with Crippen LogP contribution in [0.25, 0.3) is 0 Å². The smallest absolute Gasteiger partial charge is 0.224 e. The maximum absolute atomic E-state index is 11.9. The van der Waals surface area contributed by atoms with Crippen molar-refractivity contribution < 1.29 is 9.90 Å². The van der Waals surface area contributed by atoms with Crippen LogP contribution in [-0.2, 0) is 11.2 Å². The van der Waals surface area contributed by atoms with Gasteiger partial charge in [0.15, 0.2) is 0 Å². The normalized spacial score (nSPS) is 13.9. The highest BCUT2D eigenvalue weighted by Crippen LogP contribution is 2.24. The topological polar surface area (TPSA) is 49.3 Å². The molecule has 106 valence electrons. The summed E-state index contributed by atoms with van der Waals surface area (Å²) < 4.78 is 0. The standard InChI is InChI=1S/C13H17Cl2NO2S/c1-8(12(7-17)19-2)16-13(18)6-9-10(14)4-3-5-11(9)15/h3-5,8,12,17H,6-7H2,1-2H3,(H,16,18). The molecule has 0 bridgehead atoms. The predicted molar refractivity (Wildman–Crippen MR) is 82.2 cm³/mol. The maximum atomic E-state index is 11.9. The fourth-order valence-electron chi connectivity index (χ4n) is 1.70. The first-order valence-corrected chi connectivity index (χ1v) is 7.89. The predicted octanol–water partition coefficient (Wildman–Crippen LogP) is 2.76. The number of benzene rings is 1. The van der Waals surface area contributed by atoms with Gasteiger partial charge >= 0.3 is 0 Å². The summed E-state index contributed by atoms with van der Waals surface area (Å²) in [5, 5.41) is 13.0. The Kier molecular flexibility index (Phi) is 7.00. The summed E-state index contributed by atoms with van der Waals surface area (Å²) in [6.07, 6.45) is 2.03. The van der Waals surface area contributed by atoms with Gasteiger partial charge in [-0.1, -0.05) is 29.3 Å². The molecule has 1 aromatic rings. The van der Waals surface area contributed by atoms with Gasteiger partial charge in [0.1, 0.15) is 0 Å². The van der Waals surface area contributed by atoms with Gasteiger partial charge in [0, 0.05) is 21.3 Å². The molecule has 1 rings (SSSR count). The Hall–Kier alpha value is -0.420. The van der Waals surface area contributed by atoms with E-state index in [1.165, 1.54) is 11.8 Å². The quantitative estimate of drug-likeness (QED) is 0.847. The number of halogens is 2. The minimum Gasteiger partial charge on any atom is -0.395 e. The van der Waals surface area contributed by atoms with E-state index in [1.54, 1.807) is 18.2 Å². The van der Waals surface area contributed by atoms with Crippen LogP contribution in [0.15, 0.2) is 18.2 Å². The average Bonchev–Trinajstić information content (AvgIpc) is 2.35. The molecule has 0 aliphatic heterocycles. The molecule has 1 amide bonds. The molecule has 0 saturated heterocycles. The maximum Gasteiger partial charge on any atom is 0.224 e. The van der Waals surface area contributed by atoms with Gasteiger partial charge in [-0.3, -0.25) is 4.79 Å². The second kappa shape index (κ2) is 8.00. The van der Waals surface area contributed by atoms with E-state index >= 15 is 0 Å². The van der Waals surface area contributed by atoms with Crippen LogP contribution in [0.3, 0.4) is 0 Å². The van der Waals surface area contributed by atoms with Crippen molar-refractivity contribution in [1.29, 1.82) is 0 Å². The van der Waals surface area contributed by atoms with Crippen LogP contribution >= 0.6 is 35.0 Å². The number of thioether (sulfide) groups is 1. The first-order chi connectivity index (χ1) is 8.99. The van der Waals surface area contributed by atoms with Crippen molar-refractivity contribution in [1.82, 2.24) is 5.32 Å². The Bertz CT molecular complexity index is 418. The van der Waals surface area contributed by atoms with Crippen LogP contribution in [0.1, 0.15) is 12.5 Å². The molecule has 19 heavy (non-hydrogen) atoms. The number of nitrogens with one attached hydrogen (secondary N) is 1. The number of hydrogen-bond donors (Lipinski definition) is 2. The van der Waals surface area contributed by atoms with Gasteiger partial charge in [-0.2, -0.15) is 11.8 Å². The molecule has 2 atom stereocenters. The summed E-state index contributed by atoms with van der Waals surface area (Å²) in [7, 11) is 0. The molecule has 6 heteroatoms. The number of hydrogen-bond acceptors (Lipinski definition) is 3. The lowest BCUT2D eigenvalue weighted by atomic mass is 10.1. The van der Waals surface area contributed by atoms with Crippen LogP contribution in [-0.4, -0.2) is 35.2 Å². The highest BCUT2D eigenvalue weighted by molar-refractivity contribution is 7.99. The monoisotopic (exact) mass is 321 g/mol. The number of aliphatic hydroxyl groups excluding tert-OH is 1. The van der Waals surface area contributed by atoms with Crippen LogP contribution in [0.2, 0.25) is 10.0 Å². The largest absolute Gasteiger partial charge is 0.395 e. The van der Waals surface area contributed by atoms with Crippen molar-refractivity contribution in [3.63, 3.8) is 0 Å². The molecule has 0 aromatic heterocycles. The summed E-state index contributed by atoms with van der Waals surface area (Å²) in [4.78, 5) is 11.9. The highest BCUT2D eigenvalue weighted by Gasteiger charge is 2.18. The van der Waals surface area contributed by atoms with Crippen molar-refractivity contribution in [2.24, 2.45) is 0 Å². The molecule has 0 aliphatic carbocycles. The number of amides is 1. The first-order valence-electron chi connectivity index (χ1n) is 5.85. The van der Waals surface area contributed by atoms with Gasteiger partial charge in [0.05, 0.1) is 13.0 Å². The van der Waals surface area contributed by atoms with Gasteiger partial charge in [0.2, 0.25) is 5.91 Å². The van der Waals surface area contributed by atoms with Gasteiger partial charge in [0.25, 0.3) is 0 Å². The van der Waals surface area contributed by atoms with Gasteiger partial charge in [-0.05, 0) is 30.9 Å². The zero-order valence-corrected chi connectivity index (χ0v) is 13.1. The Labute approximate surface area is 127 Å². The van der Waals surface area contributed by atoms with E-state index < -0.39 is 0 Å². The number of rotatable bonds is 6. The van der Waals surface area contributed by atoms with Crippen LogP contribution in [0.4, 0.5) is 0 Å². The molecular weight excluding hydrogens is 305 g/mol. The van der Waals surface area contributed by atoms with E-state index in [9.17, 15) is 9.90 Å². The lowest BCUT2D eigenvalue weighted by Crippen LogP contribution is -2.41. The van der Waals surface area contributed by atoms with Gasteiger partial charge in [-0.25, -0.2) is 0 Å². The molecule has 1 aromatic carbocycles. The minimum absolute atomic E-state index is 0.0225. The third-order valence-corrected chi connectivity index (χ3v) is 4.70. The molecular formula is C13H17Cl2NO2S. The zero-order chi connectivity index (χ0) is 14.4. The third-order valence-electron chi connectivity index (χ3n) is 2.83. The van der Waals surface area contributed by atoms with Crippen LogP contribution in [0.5, 0.6) is 0 Å². The van der Waals surface area contributed by atoms with E-state index in [0.29, 0.717) is 15.6 Å². The van der Waals surface area contributed by atoms with E-state index in [-0.39, 0.29) is 30.2 Å². The number of aliphatic hydroxyl groups is 1. The summed E-state index contributed by atoms with van der Waals surface area (Å²) in [5.74, 6) is -0.157. The molecule has 0 spiro atoms. The SMILES string of the molecule is CSC(CO)C(C)NC(=O)Cc1c(Cl)cccc1Cl. The Morgan fingerprint density at radius 3 is 2.47 bits per heavy atom. The molecule has 2 unspecified atom stereocenters. The van der Waals surface area contributed by atoms with Crippen molar-refractivity contribution >= 4 is 40.9 Å². The summed E-state index contributed by atoms with van der Waals surface area (Å²) in [5.41, 5.74) is 0.625. The molecule has 0 heterocycles. The summed E-state index contributed by atoms with van der Waals surface area (Å²) >= 11 is 13.6. The van der Waals surface area contributed by atoms with E-state index in [0.717, 1.165) is 0 Å². The second-order valence-electron chi connectivity index (χ2n) is 4.19. The lowest BCUT2D eigenvalue weighted by Gasteiger charge is -2.21. The highest BCUT2D eigenvalue weighted by atomic mass is 35.5. The molecule has 0 fully saturated rings. The molecule has 0 radical (unpaired) electrons. The van der Waals surface area contributed by atoms with E-state index in [2.05, 4.69) is 5.32 Å². The van der Waals surface area contributed by atoms with Crippen molar-refractivity contribution in [2.45, 2.75) is 24.6 Å².